The summed E-state index contributed by atoms with van der Waals surface area (Å²) in [6, 6.07) is 0. The average molecular weight is 923 g/mol. The highest BCUT2D eigenvalue weighted by molar-refractivity contribution is 7.47. The van der Waals surface area contributed by atoms with Crippen LogP contribution in [0.5, 0.6) is 0 Å². The number of aliphatic hydroxyl groups excluding tert-OH is 3. The molecule has 0 rings (SSSR count). The third-order valence-corrected chi connectivity index (χ3v) is 11.3. The third kappa shape index (κ3) is 45.9. The number of allylic oxidation sites excluding steroid dienone is 10. The number of ether oxygens (including phenoxy) is 2. The maximum absolute atomic E-state index is 12.6. The summed E-state index contributed by atoms with van der Waals surface area (Å²) in [6.07, 6.45) is 49.3. The lowest BCUT2D eigenvalue weighted by molar-refractivity contribution is -0.161. The molecule has 4 N–H and O–H groups in total. The molecule has 0 heterocycles. The van der Waals surface area contributed by atoms with Gasteiger partial charge >= 0.3 is 19.8 Å². The molecule has 0 spiro atoms. The molecule has 4 atom stereocenters. The second-order valence-corrected chi connectivity index (χ2v) is 18.6. The van der Waals surface area contributed by atoms with E-state index in [0.29, 0.717) is 25.7 Å². The number of unbranched alkanes of at least 4 members (excludes halogenated alkanes) is 17. The Morgan fingerprint density at radius 2 is 1.08 bits per heavy atom. The fraction of sp³-hybridized carbons (Fsp3) is 0.731. The Balaban J connectivity index is 4.33. The largest absolute Gasteiger partial charge is 0.472 e. The number of aliphatic hydroxyl groups is 3. The molecule has 0 bridgehead atoms. The van der Waals surface area contributed by atoms with Crippen molar-refractivity contribution in [3.05, 3.63) is 72.9 Å². The number of hydrogen-bond acceptors (Lipinski definition) is 10. The maximum atomic E-state index is 12.6. The van der Waals surface area contributed by atoms with E-state index < -0.39 is 57.9 Å². The van der Waals surface area contributed by atoms with Crippen molar-refractivity contribution in [3.8, 4) is 0 Å². The Hall–Kier alpha value is -2.63. The normalized spacial score (nSPS) is 14.9. The summed E-state index contributed by atoms with van der Waals surface area (Å²) in [5.74, 6) is -0.204. The highest BCUT2D eigenvalue weighted by atomic mass is 31.2. The van der Waals surface area contributed by atoms with Crippen molar-refractivity contribution in [1.29, 1.82) is 0 Å². The van der Waals surface area contributed by atoms with Crippen molar-refractivity contribution in [2.24, 2.45) is 5.92 Å². The van der Waals surface area contributed by atoms with Crippen LogP contribution in [0.4, 0.5) is 0 Å². The van der Waals surface area contributed by atoms with E-state index in [0.717, 1.165) is 44.4 Å². The van der Waals surface area contributed by atoms with Gasteiger partial charge in [0.1, 0.15) is 12.7 Å². The monoisotopic (exact) mass is 923 g/mol. The van der Waals surface area contributed by atoms with Gasteiger partial charge in [-0.1, -0.05) is 209 Å². The molecule has 0 saturated heterocycles. The van der Waals surface area contributed by atoms with Crippen LogP contribution in [0.25, 0.3) is 0 Å². The van der Waals surface area contributed by atoms with Crippen LogP contribution in [0.1, 0.15) is 194 Å². The summed E-state index contributed by atoms with van der Waals surface area (Å²) in [5.41, 5.74) is 0. The van der Waals surface area contributed by atoms with Gasteiger partial charge in [-0.25, -0.2) is 4.57 Å². The van der Waals surface area contributed by atoms with Crippen molar-refractivity contribution < 1.29 is 52.9 Å². The molecular formula is C52H91O11P. The van der Waals surface area contributed by atoms with Gasteiger partial charge in [-0.15, -0.1) is 0 Å². The first kappa shape index (κ1) is 61.4. The van der Waals surface area contributed by atoms with Gasteiger partial charge < -0.3 is 29.7 Å². The lowest BCUT2D eigenvalue weighted by Gasteiger charge is -2.20. The standard InChI is InChI=1S/C52H91O11P/c1-4-5-33-39-48(54)40-35-30-26-22-18-14-12-16-20-24-28-32-37-42-52(57)63-50(46-62-64(58,59)61-44-49(55)43-53)45-60-51(56)41-36-31-27-23-19-15-11-9-7-6-8-10-13-17-21-25-29-34-38-47(2)3/h5,14,16,18,20,26,28,30,32-33,35,40,47-50,53-55H,4,6-13,15,17,19,21-25,27,29,31,34,36-39,41-46H2,1-3H3,(H,58,59)/b18-14-,20-16-,30-26+,32-28-,33-5-,40-35+/t48?,49-,50+/m0/s1. The van der Waals surface area contributed by atoms with Gasteiger partial charge in [0.05, 0.1) is 25.9 Å². The molecule has 12 heteroatoms. The smallest absolute Gasteiger partial charge is 0.462 e. The second kappa shape index (κ2) is 45.5. The van der Waals surface area contributed by atoms with E-state index in [9.17, 15) is 29.3 Å². The number of rotatable bonds is 45. The molecule has 64 heavy (non-hydrogen) atoms. The Morgan fingerprint density at radius 3 is 1.61 bits per heavy atom. The zero-order valence-electron chi connectivity index (χ0n) is 40.3. The van der Waals surface area contributed by atoms with E-state index in [-0.39, 0.29) is 19.4 Å². The Kier molecular flexibility index (Phi) is 43.7. The summed E-state index contributed by atoms with van der Waals surface area (Å²) in [4.78, 5) is 35.1. The minimum Gasteiger partial charge on any atom is -0.462 e. The molecule has 0 aliphatic carbocycles. The Labute approximate surface area is 389 Å². The highest BCUT2D eigenvalue weighted by Gasteiger charge is 2.27. The molecule has 0 fully saturated rings. The highest BCUT2D eigenvalue weighted by Crippen LogP contribution is 2.43. The molecular weight excluding hydrogens is 832 g/mol. The molecule has 0 amide bonds. The van der Waals surface area contributed by atoms with Gasteiger partial charge in [-0.2, -0.15) is 0 Å². The van der Waals surface area contributed by atoms with Crippen molar-refractivity contribution in [1.82, 2.24) is 0 Å². The first-order chi connectivity index (χ1) is 31.0. The molecule has 0 aliphatic rings. The van der Waals surface area contributed by atoms with Crippen LogP contribution >= 0.6 is 7.82 Å². The first-order valence-corrected chi connectivity index (χ1v) is 26.4. The average Bonchev–Trinajstić information content (AvgIpc) is 3.27. The third-order valence-electron chi connectivity index (χ3n) is 10.4. The van der Waals surface area contributed by atoms with E-state index in [1.54, 1.807) is 6.08 Å². The lowest BCUT2D eigenvalue weighted by Crippen LogP contribution is -2.29. The lowest BCUT2D eigenvalue weighted by atomic mass is 10.0. The van der Waals surface area contributed by atoms with Crippen molar-refractivity contribution in [3.63, 3.8) is 0 Å². The summed E-state index contributed by atoms with van der Waals surface area (Å²) >= 11 is 0. The number of hydrogen-bond donors (Lipinski definition) is 4. The van der Waals surface area contributed by atoms with E-state index in [2.05, 4.69) is 43.5 Å². The molecule has 0 aromatic rings. The molecule has 11 nitrogen and oxygen atoms in total. The van der Waals surface area contributed by atoms with Gasteiger partial charge in [0.2, 0.25) is 0 Å². The maximum Gasteiger partial charge on any atom is 0.472 e. The number of carbonyl (C=O) groups excluding carboxylic acids is 2. The number of carbonyl (C=O) groups is 2. The zero-order chi connectivity index (χ0) is 47.2. The summed E-state index contributed by atoms with van der Waals surface area (Å²) in [6.45, 7) is 4.45. The van der Waals surface area contributed by atoms with Gasteiger partial charge in [-0.05, 0) is 50.9 Å². The van der Waals surface area contributed by atoms with Crippen molar-refractivity contribution >= 4 is 19.8 Å². The summed E-state index contributed by atoms with van der Waals surface area (Å²) in [5, 5.41) is 28.2. The topological polar surface area (TPSA) is 169 Å². The van der Waals surface area contributed by atoms with Crippen LogP contribution in [0.3, 0.4) is 0 Å². The molecule has 0 aromatic carbocycles. The summed E-state index contributed by atoms with van der Waals surface area (Å²) in [7, 11) is -4.66. The predicted molar refractivity (Wildman–Crippen MR) is 262 cm³/mol. The molecule has 0 saturated carbocycles. The minimum absolute atomic E-state index is 0.0416. The first-order valence-electron chi connectivity index (χ1n) is 24.9. The van der Waals surface area contributed by atoms with Crippen LogP contribution in [0, 0.1) is 5.92 Å². The quantitative estimate of drug-likeness (QED) is 0.0151. The SMILES string of the molecule is CC/C=C\CC(O)/C=C/C=C/C/C=C\C/C=C\C/C=C\CCC(=O)O[C@H](COC(=O)CCCCCCCCCCCCCCCCCCCCC(C)C)COP(=O)(O)OC[C@@H](O)CO. The van der Waals surface area contributed by atoms with Crippen LogP contribution < -0.4 is 0 Å². The van der Waals surface area contributed by atoms with E-state index in [4.69, 9.17) is 19.1 Å². The number of esters is 2. The predicted octanol–water partition coefficient (Wildman–Crippen LogP) is 12.8. The Bertz CT molecular complexity index is 1320. The molecule has 2 unspecified atom stereocenters. The van der Waals surface area contributed by atoms with Gasteiger partial charge in [0.15, 0.2) is 6.10 Å². The van der Waals surface area contributed by atoms with Crippen LogP contribution in [0.2, 0.25) is 0 Å². The van der Waals surface area contributed by atoms with Crippen LogP contribution in [-0.4, -0.2) is 76.9 Å². The Morgan fingerprint density at radius 1 is 0.578 bits per heavy atom. The number of phosphoric acid groups is 1. The number of phosphoric ester groups is 1. The van der Waals surface area contributed by atoms with Crippen molar-refractivity contribution in [2.45, 2.75) is 212 Å². The van der Waals surface area contributed by atoms with Crippen molar-refractivity contribution in [2.75, 3.05) is 26.4 Å². The van der Waals surface area contributed by atoms with E-state index in [1.807, 2.05) is 48.6 Å². The minimum atomic E-state index is -4.66. The fourth-order valence-electron chi connectivity index (χ4n) is 6.58. The molecule has 0 radical (unpaired) electrons. The molecule has 0 aliphatic heterocycles. The van der Waals surface area contributed by atoms with E-state index in [1.165, 1.54) is 96.3 Å². The molecule has 0 aromatic heterocycles. The van der Waals surface area contributed by atoms with E-state index >= 15 is 0 Å². The summed E-state index contributed by atoms with van der Waals surface area (Å²) < 4.78 is 32.7. The zero-order valence-corrected chi connectivity index (χ0v) is 41.1. The van der Waals surface area contributed by atoms with Crippen LogP contribution in [0.15, 0.2) is 72.9 Å². The van der Waals surface area contributed by atoms with Gasteiger partial charge in [0.25, 0.3) is 0 Å². The van der Waals surface area contributed by atoms with Gasteiger partial charge in [-0.3, -0.25) is 18.6 Å². The second-order valence-electron chi connectivity index (χ2n) is 17.1. The van der Waals surface area contributed by atoms with Gasteiger partial charge in [0, 0.05) is 12.8 Å². The van der Waals surface area contributed by atoms with Crippen LogP contribution in [-0.2, 0) is 32.7 Å². The fourth-order valence-corrected chi connectivity index (χ4v) is 7.37. The molecule has 370 valence electrons.